The Hall–Kier alpha value is -2.08. The van der Waals surface area contributed by atoms with E-state index < -0.39 is 5.91 Å². The minimum Gasteiger partial charge on any atom is -0.363 e. The first kappa shape index (κ1) is 11.4. The fourth-order valence-electron chi connectivity index (χ4n) is 1.29. The summed E-state index contributed by atoms with van der Waals surface area (Å²) >= 11 is 5.85. The zero-order chi connectivity index (χ0) is 12.4. The van der Waals surface area contributed by atoms with E-state index in [9.17, 15) is 4.79 Å². The summed E-state index contributed by atoms with van der Waals surface area (Å²) in [6.07, 6.45) is 0. The minimum absolute atomic E-state index is 0.0305. The zero-order valence-corrected chi connectivity index (χ0v) is 9.77. The number of amides is 1. The van der Waals surface area contributed by atoms with E-state index in [0.29, 0.717) is 11.0 Å². The van der Waals surface area contributed by atoms with Crippen LogP contribution in [0.1, 0.15) is 10.6 Å². The first-order chi connectivity index (χ1) is 8.06. The van der Waals surface area contributed by atoms with Crippen molar-refractivity contribution in [2.45, 2.75) is 0 Å². The number of benzene rings is 1. The number of aryl methyl sites for hydroxylation is 1. The van der Waals surface area contributed by atoms with Crippen LogP contribution in [0.15, 0.2) is 24.3 Å². The van der Waals surface area contributed by atoms with Crippen LogP contribution < -0.4 is 11.1 Å². The Labute approximate surface area is 102 Å². The molecule has 0 spiro atoms. The van der Waals surface area contributed by atoms with Crippen LogP contribution in [0.25, 0.3) is 0 Å². The zero-order valence-electron chi connectivity index (χ0n) is 9.01. The van der Waals surface area contributed by atoms with E-state index in [1.165, 1.54) is 4.68 Å². The summed E-state index contributed by atoms with van der Waals surface area (Å²) in [4.78, 5) is 14.9. The van der Waals surface area contributed by atoms with Crippen molar-refractivity contribution in [3.63, 3.8) is 0 Å². The fraction of sp³-hybridized carbons (Fsp3) is 0.100. The molecule has 2 aromatic rings. The van der Waals surface area contributed by atoms with E-state index in [4.69, 9.17) is 17.3 Å². The van der Waals surface area contributed by atoms with Crippen molar-refractivity contribution >= 4 is 29.1 Å². The lowest BCUT2D eigenvalue weighted by Gasteiger charge is -2.04. The molecule has 3 N–H and O–H groups in total. The number of hydrogen-bond donors (Lipinski definition) is 2. The lowest BCUT2D eigenvalue weighted by atomic mass is 10.3. The van der Waals surface area contributed by atoms with Crippen molar-refractivity contribution in [2.75, 3.05) is 5.32 Å². The Morgan fingerprint density at radius 3 is 2.88 bits per heavy atom. The Balaban J connectivity index is 2.27. The molecule has 0 saturated heterocycles. The molecule has 88 valence electrons. The van der Waals surface area contributed by atoms with Crippen molar-refractivity contribution < 1.29 is 4.79 Å². The Bertz CT molecular complexity index is 566. The molecule has 0 saturated carbocycles. The Morgan fingerprint density at radius 1 is 1.53 bits per heavy atom. The average molecular weight is 252 g/mol. The molecule has 1 amide bonds. The molecule has 6 nitrogen and oxygen atoms in total. The molecule has 2 rings (SSSR count). The van der Waals surface area contributed by atoms with Crippen LogP contribution in [0, 0.1) is 0 Å². The summed E-state index contributed by atoms with van der Waals surface area (Å²) in [7, 11) is 1.66. The molecular weight excluding hydrogens is 242 g/mol. The Kier molecular flexibility index (Phi) is 2.97. The SMILES string of the molecule is Cn1nc(C(N)=O)nc1Nc1cccc(Cl)c1. The van der Waals surface area contributed by atoms with E-state index in [0.717, 1.165) is 5.69 Å². The van der Waals surface area contributed by atoms with Gasteiger partial charge in [-0.15, -0.1) is 5.10 Å². The molecular formula is C10H10ClN5O. The number of nitrogens with two attached hydrogens (primary N) is 1. The van der Waals surface area contributed by atoms with Crippen LogP contribution in [0.5, 0.6) is 0 Å². The second-order valence-corrected chi connectivity index (χ2v) is 3.82. The van der Waals surface area contributed by atoms with E-state index in [1.54, 1.807) is 25.2 Å². The average Bonchev–Trinajstić information content (AvgIpc) is 2.61. The molecule has 0 radical (unpaired) electrons. The topological polar surface area (TPSA) is 85.8 Å². The highest BCUT2D eigenvalue weighted by Crippen LogP contribution is 2.18. The number of rotatable bonds is 3. The van der Waals surface area contributed by atoms with E-state index in [1.807, 2.05) is 6.07 Å². The molecule has 0 bridgehead atoms. The van der Waals surface area contributed by atoms with Gasteiger partial charge in [0.1, 0.15) is 0 Å². The molecule has 17 heavy (non-hydrogen) atoms. The monoisotopic (exact) mass is 251 g/mol. The summed E-state index contributed by atoms with van der Waals surface area (Å²) in [6, 6.07) is 7.12. The van der Waals surface area contributed by atoms with Crippen LogP contribution in [-0.2, 0) is 7.05 Å². The van der Waals surface area contributed by atoms with Gasteiger partial charge in [0, 0.05) is 17.8 Å². The maximum absolute atomic E-state index is 10.9. The minimum atomic E-state index is -0.667. The van der Waals surface area contributed by atoms with E-state index >= 15 is 0 Å². The molecule has 0 fully saturated rings. The van der Waals surface area contributed by atoms with Gasteiger partial charge < -0.3 is 11.1 Å². The summed E-state index contributed by atoms with van der Waals surface area (Å²) in [5.41, 5.74) is 5.84. The van der Waals surface area contributed by atoms with Gasteiger partial charge >= 0.3 is 0 Å². The highest BCUT2D eigenvalue weighted by atomic mass is 35.5. The van der Waals surface area contributed by atoms with Gasteiger partial charge in [-0.3, -0.25) is 4.79 Å². The molecule has 0 aliphatic heterocycles. The third kappa shape index (κ3) is 2.54. The van der Waals surface area contributed by atoms with Crippen LogP contribution in [0.3, 0.4) is 0 Å². The first-order valence-corrected chi connectivity index (χ1v) is 5.17. The summed E-state index contributed by atoms with van der Waals surface area (Å²) in [6.45, 7) is 0. The fourth-order valence-corrected chi connectivity index (χ4v) is 1.48. The van der Waals surface area contributed by atoms with Gasteiger partial charge in [-0.1, -0.05) is 17.7 Å². The number of aromatic nitrogens is 3. The number of carbonyl (C=O) groups is 1. The van der Waals surface area contributed by atoms with Gasteiger partial charge in [0.05, 0.1) is 0 Å². The number of nitrogens with zero attached hydrogens (tertiary/aromatic N) is 3. The molecule has 0 aliphatic rings. The lowest BCUT2D eigenvalue weighted by Crippen LogP contribution is -2.13. The number of carbonyl (C=O) groups excluding carboxylic acids is 1. The second kappa shape index (κ2) is 4.42. The third-order valence-electron chi connectivity index (χ3n) is 2.06. The van der Waals surface area contributed by atoms with Crippen molar-refractivity contribution in [2.24, 2.45) is 12.8 Å². The van der Waals surface area contributed by atoms with Gasteiger partial charge in [0.2, 0.25) is 11.8 Å². The largest absolute Gasteiger partial charge is 0.363 e. The molecule has 0 aliphatic carbocycles. The normalized spacial score (nSPS) is 10.2. The number of primary amides is 1. The van der Waals surface area contributed by atoms with Gasteiger partial charge in [0.15, 0.2) is 0 Å². The highest BCUT2D eigenvalue weighted by Gasteiger charge is 2.11. The maximum Gasteiger partial charge on any atom is 0.288 e. The quantitative estimate of drug-likeness (QED) is 0.861. The van der Waals surface area contributed by atoms with Crippen LogP contribution >= 0.6 is 11.6 Å². The standard InChI is InChI=1S/C10H10ClN5O/c1-16-10(14-9(15-16)8(12)17)13-7-4-2-3-6(11)5-7/h2-5H,1H3,(H2,12,17)(H,13,14,15). The highest BCUT2D eigenvalue weighted by molar-refractivity contribution is 6.30. The molecule has 7 heteroatoms. The lowest BCUT2D eigenvalue weighted by molar-refractivity contribution is 0.0990. The van der Waals surface area contributed by atoms with E-state index in [-0.39, 0.29) is 5.82 Å². The third-order valence-corrected chi connectivity index (χ3v) is 2.30. The summed E-state index contributed by atoms with van der Waals surface area (Å²) < 4.78 is 1.43. The molecule has 1 aromatic carbocycles. The number of anilines is 2. The predicted molar refractivity (Wildman–Crippen MR) is 64.3 cm³/mol. The molecule has 1 aromatic heterocycles. The number of nitrogens with one attached hydrogen (secondary N) is 1. The van der Waals surface area contributed by atoms with Gasteiger partial charge in [-0.05, 0) is 18.2 Å². The first-order valence-electron chi connectivity index (χ1n) is 4.79. The van der Waals surface area contributed by atoms with Crippen molar-refractivity contribution in [1.29, 1.82) is 0 Å². The van der Waals surface area contributed by atoms with Crippen LogP contribution in [-0.4, -0.2) is 20.7 Å². The van der Waals surface area contributed by atoms with Crippen LogP contribution in [0.2, 0.25) is 5.02 Å². The molecule has 0 atom stereocenters. The van der Waals surface area contributed by atoms with E-state index in [2.05, 4.69) is 15.4 Å². The van der Waals surface area contributed by atoms with Gasteiger partial charge in [0.25, 0.3) is 5.91 Å². The number of hydrogen-bond acceptors (Lipinski definition) is 4. The smallest absolute Gasteiger partial charge is 0.288 e. The van der Waals surface area contributed by atoms with Gasteiger partial charge in [-0.25, -0.2) is 4.68 Å². The van der Waals surface area contributed by atoms with Crippen molar-refractivity contribution in [3.05, 3.63) is 35.1 Å². The Morgan fingerprint density at radius 2 is 2.29 bits per heavy atom. The molecule has 0 unspecified atom stereocenters. The van der Waals surface area contributed by atoms with Crippen molar-refractivity contribution in [1.82, 2.24) is 14.8 Å². The number of halogens is 1. The molecule has 1 heterocycles. The predicted octanol–water partition coefficient (Wildman–Crippen LogP) is 1.31. The van der Waals surface area contributed by atoms with Gasteiger partial charge in [-0.2, -0.15) is 4.98 Å². The van der Waals surface area contributed by atoms with Crippen LogP contribution in [0.4, 0.5) is 11.6 Å². The summed E-state index contributed by atoms with van der Waals surface area (Å²) in [5, 5.41) is 7.45. The second-order valence-electron chi connectivity index (χ2n) is 3.38. The summed E-state index contributed by atoms with van der Waals surface area (Å²) in [5.74, 6) is -0.280. The van der Waals surface area contributed by atoms with Crippen molar-refractivity contribution in [3.8, 4) is 0 Å². The maximum atomic E-state index is 10.9.